The second kappa shape index (κ2) is 6.88. The molecule has 0 saturated heterocycles. The van der Waals surface area contributed by atoms with Crippen LogP contribution in [-0.2, 0) is 6.54 Å². The van der Waals surface area contributed by atoms with Crippen LogP contribution >= 0.6 is 0 Å². The molecule has 0 spiro atoms. The third-order valence-corrected chi connectivity index (χ3v) is 4.46. The van der Waals surface area contributed by atoms with Crippen LogP contribution in [0.1, 0.15) is 25.8 Å². The third kappa shape index (κ3) is 3.02. The number of benzene rings is 2. The van der Waals surface area contributed by atoms with Crippen LogP contribution in [0.3, 0.4) is 0 Å². The Morgan fingerprint density at radius 3 is 2.50 bits per heavy atom. The molecule has 7 nitrogen and oxygen atoms in total. The lowest BCUT2D eigenvalue weighted by molar-refractivity contribution is 0.368. The molecule has 0 radical (unpaired) electrons. The van der Waals surface area contributed by atoms with Crippen molar-refractivity contribution in [1.29, 1.82) is 0 Å². The van der Waals surface area contributed by atoms with Crippen molar-refractivity contribution in [2.24, 2.45) is 0 Å². The molecular weight excluding hydrogens is 363 g/mol. The van der Waals surface area contributed by atoms with Gasteiger partial charge in [-0.1, -0.05) is 17.3 Å². The SMILES string of the molecule is CC(C)n1c(=O)c2ccccc2n(Cc2nc(-c3ccc(F)cc3)no2)c1=O. The highest BCUT2D eigenvalue weighted by Crippen LogP contribution is 2.17. The molecule has 142 valence electrons. The summed E-state index contributed by atoms with van der Waals surface area (Å²) >= 11 is 0. The zero-order valence-corrected chi connectivity index (χ0v) is 15.3. The van der Waals surface area contributed by atoms with Crippen molar-refractivity contribution in [3.63, 3.8) is 0 Å². The summed E-state index contributed by atoms with van der Waals surface area (Å²) in [5, 5.41) is 4.34. The highest BCUT2D eigenvalue weighted by atomic mass is 19.1. The van der Waals surface area contributed by atoms with Gasteiger partial charge in [0.1, 0.15) is 12.4 Å². The average molecular weight is 380 g/mol. The Morgan fingerprint density at radius 2 is 1.79 bits per heavy atom. The molecule has 0 aliphatic carbocycles. The van der Waals surface area contributed by atoms with E-state index in [1.807, 2.05) is 0 Å². The molecule has 0 aliphatic rings. The van der Waals surface area contributed by atoms with Crippen molar-refractivity contribution in [3.8, 4) is 11.4 Å². The van der Waals surface area contributed by atoms with Gasteiger partial charge in [-0.3, -0.25) is 13.9 Å². The van der Waals surface area contributed by atoms with Crippen LogP contribution in [0.15, 0.2) is 62.6 Å². The van der Waals surface area contributed by atoms with Crippen molar-refractivity contribution < 1.29 is 8.91 Å². The first-order valence-electron chi connectivity index (χ1n) is 8.78. The lowest BCUT2D eigenvalue weighted by Crippen LogP contribution is -2.41. The lowest BCUT2D eigenvalue weighted by atomic mass is 10.2. The van der Waals surface area contributed by atoms with E-state index in [0.29, 0.717) is 22.3 Å². The van der Waals surface area contributed by atoms with Crippen LogP contribution in [0.5, 0.6) is 0 Å². The number of fused-ring (bicyclic) bond motifs is 1. The van der Waals surface area contributed by atoms with E-state index >= 15 is 0 Å². The van der Waals surface area contributed by atoms with E-state index < -0.39 is 5.69 Å². The van der Waals surface area contributed by atoms with Gasteiger partial charge in [0.15, 0.2) is 0 Å². The largest absolute Gasteiger partial charge is 0.337 e. The van der Waals surface area contributed by atoms with Crippen LogP contribution in [-0.4, -0.2) is 19.3 Å². The highest BCUT2D eigenvalue weighted by Gasteiger charge is 2.17. The van der Waals surface area contributed by atoms with Crippen LogP contribution in [0.25, 0.3) is 22.3 Å². The van der Waals surface area contributed by atoms with Gasteiger partial charge >= 0.3 is 5.69 Å². The summed E-state index contributed by atoms with van der Waals surface area (Å²) < 4.78 is 21.0. The minimum absolute atomic E-state index is 0.0144. The Labute approximate surface area is 158 Å². The van der Waals surface area contributed by atoms with E-state index in [9.17, 15) is 14.0 Å². The Kier molecular flexibility index (Phi) is 4.38. The molecule has 0 saturated carbocycles. The predicted octanol–water partition coefficient (Wildman–Crippen LogP) is 2.98. The molecule has 0 bridgehead atoms. The van der Waals surface area contributed by atoms with Crippen molar-refractivity contribution in [2.45, 2.75) is 26.4 Å². The molecule has 4 aromatic rings. The van der Waals surface area contributed by atoms with Crippen molar-refractivity contribution in [3.05, 3.63) is 81.1 Å². The predicted molar refractivity (Wildman–Crippen MR) is 102 cm³/mol. The van der Waals surface area contributed by atoms with E-state index in [-0.39, 0.29) is 29.9 Å². The maximum atomic E-state index is 13.1. The van der Waals surface area contributed by atoms with E-state index in [1.54, 1.807) is 50.2 Å². The number of rotatable bonds is 4. The van der Waals surface area contributed by atoms with Crippen molar-refractivity contribution >= 4 is 10.9 Å². The lowest BCUT2D eigenvalue weighted by Gasteiger charge is -2.14. The highest BCUT2D eigenvalue weighted by molar-refractivity contribution is 5.77. The molecule has 28 heavy (non-hydrogen) atoms. The fraction of sp³-hybridized carbons (Fsp3) is 0.200. The molecule has 2 aromatic carbocycles. The van der Waals surface area contributed by atoms with Crippen LogP contribution < -0.4 is 11.2 Å². The molecule has 2 aromatic heterocycles. The maximum absolute atomic E-state index is 13.1. The first-order valence-corrected chi connectivity index (χ1v) is 8.78. The zero-order valence-electron chi connectivity index (χ0n) is 15.3. The standard InChI is InChI=1S/C20H17FN4O3/c1-12(2)25-19(26)15-5-3-4-6-16(15)24(20(25)27)11-17-22-18(23-28-17)13-7-9-14(21)10-8-13/h3-10,12H,11H2,1-2H3. The number of hydrogen-bond donors (Lipinski definition) is 0. The van der Waals surface area contributed by atoms with Gasteiger partial charge in [0.05, 0.1) is 10.9 Å². The molecule has 2 heterocycles. The molecule has 0 N–H and O–H groups in total. The van der Waals surface area contributed by atoms with E-state index in [0.717, 1.165) is 0 Å². The van der Waals surface area contributed by atoms with Crippen LogP contribution in [0.4, 0.5) is 4.39 Å². The topological polar surface area (TPSA) is 82.9 Å². The fourth-order valence-electron chi connectivity index (χ4n) is 3.12. The first kappa shape index (κ1) is 17.8. The number of hydrogen-bond acceptors (Lipinski definition) is 5. The molecule has 0 unspecified atom stereocenters. The van der Waals surface area contributed by atoms with E-state index in [2.05, 4.69) is 10.1 Å². The minimum Gasteiger partial charge on any atom is -0.337 e. The van der Waals surface area contributed by atoms with Gasteiger partial charge < -0.3 is 4.52 Å². The minimum atomic E-state index is -0.444. The van der Waals surface area contributed by atoms with Crippen molar-refractivity contribution in [1.82, 2.24) is 19.3 Å². The summed E-state index contributed by atoms with van der Waals surface area (Å²) in [5.74, 6) is 0.145. The maximum Gasteiger partial charge on any atom is 0.332 e. The van der Waals surface area contributed by atoms with E-state index in [1.165, 1.54) is 21.3 Å². The smallest absolute Gasteiger partial charge is 0.332 e. The monoisotopic (exact) mass is 380 g/mol. The van der Waals surface area contributed by atoms with Gasteiger partial charge in [0, 0.05) is 11.6 Å². The second-order valence-corrected chi connectivity index (χ2v) is 6.67. The molecule has 0 fully saturated rings. The summed E-state index contributed by atoms with van der Waals surface area (Å²) in [7, 11) is 0. The molecule has 4 rings (SSSR count). The quantitative estimate of drug-likeness (QED) is 0.544. The Bertz CT molecular complexity index is 1270. The van der Waals surface area contributed by atoms with Gasteiger partial charge in [-0.2, -0.15) is 4.98 Å². The molecule has 0 amide bonds. The van der Waals surface area contributed by atoms with Gasteiger partial charge in [-0.05, 0) is 50.2 Å². The average Bonchev–Trinajstić information content (AvgIpc) is 3.14. The van der Waals surface area contributed by atoms with Gasteiger partial charge in [0.25, 0.3) is 5.56 Å². The first-order chi connectivity index (χ1) is 13.5. The Morgan fingerprint density at radius 1 is 1.07 bits per heavy atom. The summed E-state index contributed by atoms with van der Waals surface area (Å²) in [4.78, 5) is 29.9. The Balaban J connectivity index is 1.82. The number of para-hydroxylation sites is 1. The summed E-state index contributed by atoms with van der Waals surface area (Å²) in [6.45, 7) is 3.57. The van der Waals surface area contributed by atoms with Gasteiger partial charge in [-0.25, -0.2) is 9.18 Å². The normalized spacial score (nSPS) is 11.4. The molecule has 8 heteroatoms. The fourth-order valence-corrected chi connectivity index (χ4v) is 3.12. The van der Waals surface area contributed by atoms with E-state index in [4.69, 9.17) is 4.52 Å². The number of nitrogens with zero attached hydrogens (tertiary/aromatic N) is 4. The number of aromatic nitrogens is 4. The second-order valence-electron chi connectivity index (χ2n) is 6.67. The van der Waals surface area contributed by atoms with Crippen LogP contribution in [0, 0.1) is 5.82 Å². The van der Waals surface area contributed by atoms with Gasteiger partial charge in [-0.15, -0.1) is 0 Å². The summed E-state index contributed by atoms with van der Waals surface area (Å²) in [5.41, 5.74) is 0.321. The molecule has 0 aliphatic heterocycles. The van der Waals surface area contributed by atoms with Crippen molar-refractivity contribution in [2.75, 3.05) is 0 Å². The number of halogens is 1. The zero-order chi connectivity index (χ0) is 19.8. The summed E-state index contributed by atoms with van der Waals surface area (Å²) in [6.07, 6.45) is 0. The van der Waals surface area contributed by atoms with Gasteiger partial charge in [0.2, 0.25) is 11.7 Å². The molecule has 0 atom stereocenters. The third-order valence-electron chi connectivity index (χ3n) is 4.46. The van der Waals surface area contributed by atoms with Crippen LogP contribution in [0.2, 0.25) is 0 Å². The summed E-state index contributed by atoms with van der Waals surface area (Å²) in [6, 6.07) is 12.3. The Hall–Kier alpha value is -3.55. The molecular formula is C20H17FN4O3.